The summed E-state index contributed by atoms with van der Waals surface area (Å²) < 4.78 is 0. The molecule has 0 unspecified atom stereocenters. The van der Waals surface area contributed by atoms with E-state index in [9.17, 15) is 33.9 Å². The molecule has 0 aromatic heterocycles. The topological polar surface area (TPSA) is 186 Å². The number of hydrogen-bond donors (Lipinski definition) is 6. The van der Waals surface area contributed by atoms with E-state index >= 15 is 0 Å². The van der Waals surface area contributed by atoms with E-state index in [4.69, 9.17) is 0 Å². The molecule has 2 aliphatic rings. The van der Waals surface area contributed by atoms with E-state index in [0.29, 0.717) is 31.4 Å². The van der Waals surface area contributed by atoms with Crippen molar-refractivity contribution in [2.45, 2.75) is 70.1 Å². The first-order valence-electron chi connectivity index (χ1n) is 15.6. The Balaban J connectivity index is 1.65. The fourth-order valence-electron chi connectivity index (χ4n) is 5.64. The van der Waals surface area contributed by atoms with Gasteiger partial charge in [0.05, 0.1) is 13.1 Å². The number of carbonyl (C=O) groups excluding carboxylic acids is 6. The lowest BCUT2D eigenvalue weighted by Gasteiger charge is -2.28. The average molecular weight is 635 g/mol. The van der Waals surface area contributed by atoms with Gasteiger partial charge in [-0.2, -0.15) is 0 Å². The van der Waals surface area contributed by atoms with Gasteiger partial charge in [0, 0.05) is 19.4 Å². The molecule has 4 atom stereocenters. The monoisotopic (exact) mass is 634 g/mol. The second-order valence-electron chi connectivity index (χ2n) is 12.1. The highest BCUT2D eigenvalue weighted by Crippen LogP contribution is 2.19. The summed E-state index contributed by atoms with van der Waals surface area (Å²) in [4.78, 5) is 81.4. The van der Waals surface area contributed by atoms with Gasteiger partial charge in [-0.1, -0.05) is 56.3 Å². The van der Waals surface area contributed by atoms with Crippen LogP contribution in [0, 0.1) is 5.92 Å². The molecule has 4 rings (SSSR count). The fourth-order valence-corrected chi connectivity index (χ4v) is 5.64. The second kappa shape index (κ2) is 15.9. The van der Waals surface area contributed by atoms with E-state index in [-0.39, 0.29) is 31.1 Å². The van der Waals surface area contributed by atoms with Crippen molar-refractivity contribution < 1.29 is 33.9 Å². The van der Waals surface area contributed by atoms with E-state index in [0.717, 1.165) is 5.56 Å². The number of nitrogens with one attached hydrogen (secondary N) is 5. The van der Waals surface area contributed by atoms with Gasteiger partial charge in [-0.15, -0.1) is 0 Å². The van der Waals surface area contributed by atoms with Gasteiger partial charge in [0.2, 0.25) is 35.4 Å². The standard InChI is InChI=1S/C33H42N6O7/c1-20(2)15-24-30(43)35-19-29(42)39-14-6-9-27(39)33(46)38-26(17-22-10-12-23(40)13-11-22)32(45)37-25(16-21-7-4-3-5-8-21)31(44)34-18-28(41)36-24/h3-5,7-8,10-13,20,24-27,40H,6,9,14-19H2,1-2H3,(H,34,44)(H,35,43)(H,36,41)(H,37,45)(H,38,46)/t24-,25-,26-,27-/m0/s1. The number of phenolic OH excluding ortho intramolecular Hbond substituents is 1. The van der Waals surface area contributed by atoms with Crippen LogP contribution in [0.15, 0.2) is 54.6 Å². The SMILES string of the molecule is CC(C)C[C@@H]1NC(=O)CNC(=O)[C@H](Cc2ccccc2)NC(=O)[C@H](Cc2ccc(O)cc2)NC(=O)[C@@H]2CCCN2C(=O)CNC1=O. The van der Waals surface area contributed by atoms with Crippen molar-refractivity contribution in [3.63, 3.8) is 0 Å². The van der Waals surface area contributed by atoms with Gasteiger partial charge < -0.3 is 36.6 Å². The molecule has 6 amide bonds. The Labute approximate surface area is 267 Å². The van der Waals surface area contributed by atoms with Crippen molar-refractivity contribution in [2.24, 2.45) is 5.92 Å². The largest absolute Gasteiger partial charge is 0.508 e. The molecule has 0 radical (unpaired) electrons. The van der Waals surface area contributed by atoms with Gasteiger partial charge in [-0.25, -0.2) is 0 Å². The molecule has 2 aromatic rings. The number of fused-ring (bicyclic) bond motifs is 1. The van der Waals surface area contributed by atoms with Crippen LogP contribution >= 0.6 is 0 Å². The first-order chi connectivity index (χ1) is 22.0. The summed E-state index contributed by atoms with van der Waals surface area (Å²) in [5.74, 6) is -3.35. The van der Waals surface area contributed by atoms with Crippen molar-refractivity contribution in [3.05, 3.63) is 65.7 Å². The molecule has 2 fully saturated rings. The first kappa shape index (κ1) is 33.9. The average Bonchev–Trinajstić information content (AvgIpc) is 3.53. The molecule has 246 valence electrons. The predicted octanol–water partition coefficient (Wildman–Crippen LogP) is -0.0851. The van der Waals surface area contributed by atoms with E-state index in [2.05, 4.69) is 26.6 Å². The van der Waals surface area contributed by atoms with Crippen LogP contribution < -0.4 is 26.6 Å². The molecule has 2 saturated heterocycles. The van der Waals surface area contributed by atoms with E-state index in [1.165, 1.54) is 17.0 Å². The number of hydrogen-bond acceptors (Lipinski definition) is 7. The maximum atomic E-state index is 13.8. The lowest BCUT2D eigenvalue weighted by Crippen LogP contribution is -2.59. The highest BCUT2D eigenvalue weighted by molar-refractivity contribution is 5.97. The summed E-state index contributed by atoms with van der Waals surface area (Å²) in [5, 5.41) is 23.1. The molecule has 46 heavy (non-hydrogen) atoms. The Hall–Kier alpha value is -4.94. The Bertz CT molecular complexity index is 1420. The quantitative estimate of drug-likeness (QED) is 0.256. The van der Waals surface area contributed by atoms with E-state index in [1.807, 2.05) is 19.9 Å². The molecular weight excluding hydrogens is 592 g/mol. The minimum atomic E-state index is -1.14. The minimum Gasteiger partial charge on any atom is -0.508 e. The zero-order valence-electron chi connectivity index (χ0n) is 26.1. The van der Waals surface area contributed by atoms with Crippen molar-refractivity contribution in [1.29, 1.82) is 0 Å². The summed E-state index contributed by atoms with van der Waals surface area (Å²) in [6, 6.07) is 11.1. The van der Waals surface area contributed by atoms with Crippen LogP contribution in [0.1, 0.15) is 44.2 Å². The molecule has 0 saturated carbocycles. The highest BCUT2D eigenvalue weighted by atomic mass is 16.3. The summed E-state index contributed by atoms with van der Waals surface area (Å²) in [6.45, 7) is 3.24. The van der Waals surface area contributed by atoms with Crippen LogP contribution in [0.3, 0.4) is 0 Å². The molecule has 13 nitrogen and oxygen atoms in total. The van der Waals surface area contributed by atoms with Crippen LogP contribution in [0.25, 0.3) is 0 Å². The van der Waals surface area contributed by atoms with Crippen LogP contribution in [-0.2, 0) is 41.6 Å². The first-order valence-corrected chi connectivity index (χ1v) is 15.6. The molecule has 6 N–H and O–H groups in total. The number of carbonyl (C=O) groups is 6. The molecule has 2 aromatic carbocycles. The molecule has 0 bridgehead atoms. The number of nitrogens with zero attached hydrogens (tertiary/aromatic N) is 1. The van der Waals surface area contributed by atoms with Gasteiger partial charge in [0.25, 0.3) is 0 Å². The van der Waals surface area contributed by atoms with Crippen LogP contribution in [0.5, 0.6) is 5.75 Å². The number of phenols is 1. The third kappa shape index (κ3) is 9.53. The van der Waals surface area contributed by atoms with Crippen LogP contribution in [-0.4, -0.2) is 89.3 Å². The normalized spacial score (nSPS) is 23.8. The van der Waals surface area contributed by atoms with E-state index < -0.39 is 66.2 Å². The number of amides is 6. The lowest BCUT2D eigenvalue weighted by molar-refractivity contribution is -0.140. The van der Waals surface area contributed by atoms with Gasteiger partial charge >= 0.3 is 0 Å². The Morgan fingerprint density at radius 3 is 1.98 bits per heavy atom. The molecular formula is C33H42N6O7. The Morgan fingerprint density at radius 2 is 1.30 bits per heavy atom. The van der Waals surface area contributed by atoms with Crippen molar-refractivity contribution in [3.8, 4) is 5.75 Å². The summed E-state index contributed by atoms with van der Waals surface area (Å²) in [5.41, 5.74) is 1.39. The lowest BCUT2D eigenvalue weighted by atomic mass is 10.0. The maximum Gasteiger partial charge on any atom is 0.243 e. The van der Waals surface area contributed by atoms with Gasteiger partial charge in [0.1, 0.15) is 29.9 Å². The zero-order valence-corrected chi connectivity index (χ0v) is 26.1. The zero-order chi connectivity index (χ0) is 33.2. The third-order valence-corrected chi connectivity index (χ3v) is 8.00. The maximum absolute atomic E-state index is 13.8. The fraction of sp³-hybridized carbons (Fsp3) is 0.455. The van der Waals surface area contributed by atoms with Crippen LogP contribution in [0.2, 0.25) is 0 Å². The van der Waals surface area contributed by atoms with E-state index in [1.54, 1.807) is 36.4 Å². The van der Waals surface area contributed by atoms with Crippen molar-refractivity contribution in [1.82, 2.24) is 31.5 Å². The summed E-state index contributed by atoms with van der Waals surface area (Å²) >= 11 is 0. The third-order valence-electron chi connectivity index (χ3n) is 8.00. The molecule has 0 spiro atoms. The molecule has 2 heterocycles. The second-order valence-corrected chi connectivity index (χ2v) is 12.1. The van der Waals surface area contributed by atoms with Crippen molar-refractivity contribution in [2.75, 3.05) is 19.6 Å². The number of rotatable bonds is 6. The Morgan fingerprint density at radius 1 is 0.717 bits per heavy atom. The predicted molar refractivity (Wildman–Crippen MR) is 168 cm³/mol. The highest BCUT2D eigenvalue weighted by Gasteiger charge is 2.37. The number of aromatic hydroxyl groups is 1. The van der Waals surface area contributed by atoms with Crippen molar-refractivity contribution >= 4 is 35.4 Å². The van der Waals surface area contributed by atoms with Gasteiger partial charge in [-0.05, 0) is 48.4 Å². The van der Waals surface area contributed by atoms with Crippen LogP contribution in [0.4, 0.5) is 0 Å². The summed E-state index contributed by atoms with van der Waals surface area (Å²) in [6.07, 6.45) is 1.35. The summed E-state index contributed by atoms with van der Waals surface area (Å²) in [7, 11) is 0. The molecule has 13 heteroatoms. The van der Waals surface area contributed by atoms with Gasteiger partial charge in [-0.3, -0.25) is 28.8 Å². The molecule has 2 aliphatic heterocycles. The minimum absolute atomic E-state index is 0.0332. The van der Waals surface area contributed by atoms with Gasteiger partial charge in [0.15, 0.2) is 0 Å². The smallest absolute Gasteiger partial charge is 0.243 e. The molecule has 0 aliphatic carbocycles. The number of benzene rings is 2. The Kier molecular flexibility index (Phi) is 11.7.